The fourth-order valence-corrected chi connectivity index (χ4v) is 3.12. The summed E-state index contributed by atoms with van der Waals surface area (Å²) in [6.07, 6.45) is 0.945. The molecule has 1 atom stereocenters. The van der Waals surface area contributed by atoms with Gasteiger partial charge in [0, 0.05) is 10.2 Å². The highest BCUT2D eigenvalue weighted by Gasteiger charge is 2.12. The number of anilines is 1. The Labute approximate surface area is 128 Å². The Morgan fingerprint density at radius 3 is 2.15 bits per heavy atom. The van der Waals surface area contributed by atoms with Gasteiger partial charge in [0.25, 0.3) is 0 Å². The largest absolute Gasteiger partial charge is 0.378 e. The van der Waals surface area contributed by atoms with E-state index >= 15 is 0 Å². The first kappa shape index (κ1) is 15.0. The molecule has 0 fully saturated rings. The van der Waals surface area contributed by atoms with E-state index in [-0.39, 0.29) is 11.9 Å². The predicted octanol–water partition coefficient (Wildman–Crippen LogP) is 5.77. The fraction of sp³-hybridized carbons (Fsp3) is 0.294. The quantitative estimate of drug-likeness (QED) is 0.747. The van der Waals surface area contributed by atoms with Gasteiger partial charge in [-0.3, -0.25) is 0 Å². The van der Waals surface area contributed by atoms with Crippen LogP contribution in [0.1, 0.15) is 36.1 Å². The van der Waals surface area contributed by atoms with Crippen molar-refractivity contribution in [1.29, 1.82) is 0 Å². The summed E-state index contributed by atoms with van der Waals surface area (Å²) in [7, 11) is 0. The standard InChI is InChI=1S/C17H19BrFN/c1-4-16(13-5-7-15(19)8-6-13)20-17-11(2)9-14(18)10-12(17)3/h5-10,16,20H,4H2,1-3H3. The molecule has 0 radical (unpaired) electrons. The molecular formula is C17H19BrFN. The van der Waals surface area contributed by atoms with Gasteiger partial charge in [0.1, 0.15) is 5.82 Å². The minimum atomic E-state index is -0.195. The Bertz CT molecular complexity index is 569. The number of halogens is 2. The summed E-state index contributed by atoms with van der Waals surface area (Å²) in [5.41, 5.74) is 4.68. The maximum atomic E-state index is 13.0. The highest BCUT2D eigenvalue weighted by Crippen LogP contribution is 2.30. The minimum Gasteiger partial charge on any atom is -0.378 e. The van der Waals surface area contributed by atoms with Gasteiger partial charge in [0.2, 0.25) is 0 Å². The first-order valence-corrected chi connectivity index (χ1v) is 7.59. The Kier molecular flexibility index (Phi) is 4.81. The molecule has 1 unspecified atom stereocenters. The molecule has 0 saturated carbocycles. The van der Waals surface area contributed by atoms with E-state index in [2.05, 4.69) is 54.2 Å². The monoisotopic (exact) mass is 335 g/mol. The molecule has 0 spiro atoms. The van der Waals surface area contributed by atoms with Crippen LogP contribution < -0.4 is 5.32 Å². The van der Waals surface area contributed by atoms with Gasteiger partial charge in [-0.15, -0.1) is 0 Å². The molecule has 0 heterocycles. The molecule has 1 nitrogen and oxygen atoms in total. The molecule has 106 valence electrons. The second kappa shape index (κ2) is 6.40. The molecule has 1 N–H and O–H groups in total. The molecule has 0 aliphatic rings. The van der Waals surface area contributed by atoms with Crippen molar-refractivity contribution in [2.45, 2.75) is 33.2 Å². The van der Waals surface area contributed by atoms with E-state index in [4.69, 9.17) is 0 Å². The molecule has 2 rings (SSSR count). The van der Waals surface area contributed by atoms with Crippen molar-refractivity contribution in [3.8, 4) is 0 Å². The molecule has 3 heteroatoms. The average molecular weight is 336 g/mol. The molecular weight excluding hydrogens is 317 g/mol. The summed E-state index contributed by atoms with van der Waals surface area (Å²) in [5.74, 6) is -0.195. The van der Waals surface area contributed by atoms with Crippen molar-refractivity contribution < 1.29 is 4.39 Å². The van der Waals surface area contributed by atoms with Crippen LogP contribution in [0.15, 0.2) is 40.9 Å². The van der Waals surface area contributed by atoms with Gasteiger partial charge in [-0.1, -0.05) is 35.0 Å². The summed E-state index contributed by atoms with van der Waals surface area (Å²) < 4.78 is 14.1. The van der Waals surface area contributed by atoms with Crippen LogP contribution in [-0.2, 0) is 0 Å². The molecule has 0 amide bonds. The van der Waals surface area contributed by atoms with E-state index in [1.807, 2.05) is 12.1 Å². The lowest BCUT2D eigenvalue weighted by molar-refractivity contribution is 0.625. The van der Waals surface area contributed by atoms with Crippen LogP contribution in [0, 0.1) is 19.7 Å². The van der Waals surface area contributed by atoms with Gasteiger partial charge in [0.05, 0.1) is 6.04 Å². The zero-order chi connectivity index (χ0) is 14.7. The number of hydrogen-bond acceptors (Lipinski definition) is 1. The van der Waals surface area contributed by atoms with Crippen LogP contribution in [0.3, 0.4) is 0 Å². The smallest absolute Gasteiger partial charge is 0.123 e. The maximum Gasteiger partial charge on any atom is 0.123 e. The van der Waals surface area contributed by atoms with Crippen LogP contribution in [-0.4, -0.2) is 0 Å². The highest BCUT2D eigenvalue weighted by atomic mass is 79.9. The third kappa shape index (κ3) is 3.40. The zero-order valence-corrected chi connectivity index (χ0v) is 13.6. The molecule has 0 saturated heterocycles. The van der Waals surface area contributed by atoms with Crippen LogP contribution in [0.5, 0.6) is 0 Å². The Hall–Kier alpha value is -1.35. The first-order chi connectivity index (χ1) is 9.51. The van der Waals surface area contributed by atoms with Crippen molar-refractivity contribution in [2.75, 3.05) is 5.32 Å². The van der Waals surface area contributed by atoms with Crippen LogP contribution in [0.2, 0.25) is 0 Å². The van der Waals surface area contributed by atoms with Crippen molar-refractivity contribution in [2.24, 2.45) is 0 Å². The minimum absolute atomic E-state index is 0.189. The van der Waals surface area contributed by atoms with Crippen molar-refractivity contribution in [3.63, 3.8) is 0 Å². The fourth-order valence-electron chi connectivity index (χ4n) is 2.43. The van der Waals surface area contributed by atoms with Crippen LogP contribution in [0.4, 0.5) is 10.1 Å². The SMILES string of the molecule is CCC(Nc1c(C)cc(Br)cc1C)c1ccc(F)cc1. The summed E-state index contributed by atoms with van der Waals surface area (Å²) in [4.78, 5) is 0. The Balaban J connectivity index is 2.29. The number of benzene rings is 2. The van der Waals surface area contributed by atoms with Gasteiger partial charge < -0.3 is 5.32 Å². The lowest BCUT2D eigenvalue weighted by atomic mass is 10.0. The molecule has 20 heavy (non-hydrogen) atoms. The number of aryl methyl sites for hydroxylation is 2. The van der Waals surface area contributed by atoms with E-state index in [1.165, 1.54) is 23.3 Å². The van der Waals surface area contributed by atoms with Crippen molar-refractivity contribution >= 4 is 21.6 Å². The van der Waals surface area contributed by atoms with Crippen LogP contribution >= 0.6 is 15.9 Å². The van der Waals surface area contributed by atoms with Gasteiger partial charge in [-0.25, -0.2) is 4.39 Å². The van der Waals surface area contributed by atoms with E-state index in [1.54, 1.807) is 0 Å². The zero-order valence-electron chi connectivity index (χ0n) is 12.0. The first-order valence-electron chi connectivity index (χ1n) is 6.80. The van der Waals surface area contributed by atoms with Crippen molar-refractivity contribution in [1.82, 2.24) is 0 Å². The molecule has 2 aromatic rings. The summed E-state index contributed by atoms with van der Waals surface area (Å²) in [6, 6.07) is 11.1. The predicted molar refractivity (Wildman–Crippen MR) is 86.7 cm³/mol. The second-order valence-electron chi connectivity index (χ2n) is 5.07. The van der Waals surface area contributed by atoms with Gasteiger partial charge in [-0.05, 0) is 61.2 Å². The third-order valence-electron chi connectivity index (χ3n) is 3.50. The number of nitrogens with one attached hydrogen (secondary N) is 1. The molecule has 0 aliphatic carbocycles. The maximum absolute atomic E-state index is 13.0. The highest BCUT2D eigenvalue weighted by molar-refractivity contribution is 9.10. The average Bonchev–Trinajstić information content (AvgIpc) is 2.39. The number of rotatable bonds is 4. The van der Waals surface area contributed by atoms with E-state index in [9.17, 15) is 4.39 Å². The normalized spacial score (nSPS) is 12.2. The van der Waals surface area contributed by atoms with E-state index in [0.29, 0.717) is 0 Å². The van der Waals surface area contributed by atoms with E-state index in [0.717, 1.165) is 22.1 Å². The Morgan fingerprint density at radius 1 is 1.10 bits per heavy atom. The van der Waals surface area contributed by atoms with Gasteiger partial charge >= 0.3 is 0 Å². The van der Waals surface area contributed by atoms with Gasteiger partial charge in [-0.2, -0.15) is 0 Å². The topological polar surface area (TPSA) is 12.0 Å². The molecule has 2 aromatic carbocycles. The van der Waals surface area contributed by atoms with E-state index < -0.39 is 0 Å². The van der Waals surface area contributed by atoms with Crippen molar-refractivity contribution in [3.05, 3.63) is 63.4 Å². The molecule has 0 aromatic heterocycles. The Morgan fingerprint density at radius 2 is 1.65 bits per heavy atom. The molecule has 0 bridgehead atoms. The lowest BCUT2D eigenvalue weighted by Crippen LogP contribution is -2.11. The summed E-state index contributed by atoms with van der Waals surface area (Å²) in [5, 5.41) is 3.58. The summed E-state index contributed by atoms with van der Waals surface area (Å²) >= 11 is 3.51. The van der Waals surface area contributed by atoms with Gasteiger partial charge in [0.15, 0.2) is 0 Å². The number of hydrogen-bond donors (Lipinski definition) is 1. The second-order valence-corrected chi connectivity index (χ2v) is 5.99. The molecule has 0 aliphatic heterocycles. The van der Waals surface area contributed by atoms with Crippen LogP contribution in [0.25, 0.3) is 0 Å². The third-order valence-corrected chi connectivity index (χ3v) is 3.95. The summed E-state index contributed by atoms with van der Waals surface area (Å²) in [6.45, 7) is 6.32. The lowest BCUT2D eigenvalue weighted by Gasteiger charge is -2.22.